The number of aromatic nitrogens is 3. The van der Waals surface area contributed by atoms with Crippen LogP contribution in [0.15, 0.2) is 24.8 Å². The van der Waals surface area contributed by atoms with E-state index in [2.05, 4.69) is 21.0 Å². The van der Waals surface area contributed by atoms with Crippen molar-refractivity contribution in [1.29, 1.82) is 5.26 Å². The van der Waals surface area contributed by atoms with Gasteiger partial charge in [0.15, 0.2) is 17.3 Å². The molecule has 0 radical (unpaired) electrons. The van der Waals surface area contributed by atoms with Gasteiger partial charge in [-0.15, -0.1) is 0 Å². The molecule has 0 aliphatic carbocycles. The second-order valence-electron chi connectivity index (χ2n) is 7.41. The first-order chi connectivity index (χ1) is 15.0. The van der Waals surface area contributed by atoms with Crippen LogP contribution in [0.3, 0.4) is 0 Å². The quantitative estimate of drug-likeness (QED) is 0.768. The van der Waals surface area contributed by atoms with E-state index in [1.165, 1.54) is 11.3 Å². The third-order valence-electron chi connectivity index (χ3n) is 5.54. The van der Waals surface area contributed by atoms with E-state index in [-0.39, 0.29) is 23.7 Å². The van der Waals surface area contributed by atoms with Gasteiger partial charge in [-0.05, 0) is 24.5 Å². The molecule has 0 unspecified atom stereocenters. The Morgan fingerprint density at radius 1 is 1.23 bits per heavy atom. The molecule has 4 rings (SSSR count). The minimum Gasteiger partial charge on any atom is -0.364 e. The van der Waals surface area contributed by atoms with Gasteiger partial charge < -0.3 is 10.6 Å². The smallest absolute Gasteiger partial charge is 0.270 e. The molecule has 2 saturated heterocycles. The van der Waals surface area contributed by atoms with Crippen molar-refractivity contribution in [3.05, 3.63) is 47.4 Å². The van der Waals surface area contributed by atoms with Gasteiger partial charge in [0, 0.05) is 37.8 Å². The zero-order valence-electron chi connectivity index (χ0n) is 16.6. The third kappa shape index (κ3) is 4.02. The topological polar surface area (TPSA) is 138 Å². The van der Waals surface area contributed by atoms with Crippen molar-refractivity contribution in [3.63, 3.8) is 0 Å². The van der Waals surface area contributed by atoms with Crippen molar-refractivity contribution in [2.45, 2.75) is 25.3 Å². The predicted molar refractivity (Wildman–Crippen MR) is 105 cm³/mol. The number of carbonyl (C=O) groups excluding carboxylic acids is 2. The Bertz CT molecular complexity index is 1050. The Morgan fingerprint density at radius 3 is 2.71 bits per heavy atom. The average Bonchev–Trinajstić information content (AvgIpc) is 3.29. The second-order valence-corrected chi connectivity index (χ2v) is 7.41. The lowest BCUT2D eigenvalue weighted by Gasteiger charge is -2.34. The number of hydroxylamine groups is 2. The molecule has 0 spiro atoms. The van der Waals surface area contributed by atoms with Crippen molar-refractivity contribution in [3.8, 4) is 6.07 Å². The van der Waals surface area contributed by atoms with Gasteiger partial charge in [-0.1, -0.05) is 0 Å². The fourth-order valence-corrected chi connectivity index (χ4v) is 3.96. The van der Waals surface area contributed by atoms with Crippen LogP contribution in [-0.4, -0.2) is 51.5 Å². The third-order valence-corrected chi connectivity index (χ3v) is 5.54. The number of nitrogens with two attached hydrogens (primary N) is 1. The lowest BCUT2D eigenvalue weighted by atomic mass is 9.94. The van der Waals surface area contributed by atoms with Crippen LogP contribution in [0.4, 0.5) is 10.2 Å². The number of hydrogen-bond donors (Lipinski definition) is 1. The van der Waals surface area contributed by atoms with Gasteiger partial charge in [0.1, 0.15) is 12.4 Å². The zero-order valence-corrected chi connectivity index (χ0v) is 16.6. The summed E-state index contributed by atoms with van der Waals surface area (Å²) in [6.07, 6.45) is 5.76. The van der Waals surface area contributed by atoms with Crippen LogP contribution < -0.4 is 10.6 Å². The molecule has 2 aromatic rings. The molecule has 11 heteroatoms. The molecule has 0 aromatic carbocycles. The Hall–Kier alpha value is -3.65. The first kappa shape index (κ1) is 20.6. The maximum absolute atomic E-state index is 14.5. The van der Waals surface area contributed by atoms with Crippen molar-refractivity contribution in [2.24, 2.45) is 11.7 Å². The van der Waals surface area contributed by atoms with Gasteiger partial charge in [0.2, 0.25) is 5.91 Å². The average molecular weight is 425 g/mol. The zero-order chi connectivity index (χ0) is 22.0. The van der Waals surface area contributed by atoms with E-state index in [1.807, 2.05) is 0 Å². The van der Waals surface area contributed by atoms with E-state index in [4.69, 9.17) is 15.8 Å². The summed E-state index contributed by atoms with van der Waals surface area (Å²) in [5.74, 6) is -2.26. The molecule has 0 saturated carbocycles. The molecular weight excluding hydrogens is 405 g/mol. The molecule has 0 bridgehead atoms. The summed E-state index contributed by atoms with van der Waals surface area (Å²) in [6.45, 7) is 1.16. The van der Waals surface area contributed by atoms with Crippen molar-refractivity contribution in [2.75, 3.05) is 24.6 Å². The minimum atomic E-state index is -0.960. The Kier molecular flexibility index (Phi) is 5.73. The van der Waals surface area contributed by atoms with Gasteiger partial charge in [0.05, 0.1) is 18.2 Å². The summed E-state index contributed by atoms with van der Waals surface area (Å²) < 4.78 is 14.5. The van der Waals surface area contributed by atoms with Gasteiger partial charge >= 0.3 is 0 Å². The van der Waals surface area contributed by atoms with Crippen LogP contribution in [-0.2, 0) is 9.63 Å². The summed E-state index contributed by atoms with van der Waals surface area (Å²) >= 11 is 0. The van der Waals surface area contributed by atoms with Crippen molar-refractivity contribution < 1.29 is 18.8 Å². The predicted octanol–water partition coefficient (Wildman–Crippen LogP) is 1.10. The highest BCUT2D eigenvalue weighted by atomic mass is 19.1. The fraction of sp³-hybridized carbons (Fsp3) is 0.400. The molecule has 1 atom stereocenters. The summed E-state index contributed by atoms with van der Waals surface area (Å²) in [6, 6.07) is 3.46. The van der Waals surface area contributed by atoms with Gasteiger partial charge in [-0.3, -0.25) is 19.4 Å². The first-order valence-corrected chi connectivity index (χ1v) is 9.86. The standard InChI is InChI=1S/C20H20FN7O3/c21-16-17(18(23)29)25-11-26-19(16)27-4-1-13(2-5-27)20(30)28-15(3-6-31-28)14-7-12(8-22)9-24-10-14/h7,9-11,13,15H,1-6H2,(H2,23,29)/t15-/m0/s1. The van der Waals surface area contributed by atoms with Crippen LogP contribution in [0.1, 0.15) is 46.9 Å². The summed E-state index contributed by atoms with van der Waals surface area (Å²) in [4.78, 5) is 43.3. The van der Waals surface area contributed by atoms with Crippen LogP contribution in [0, 0.1) is 23.1 Å². The molecule has 4 heterocycles. The molecule has 160 valence electrons. The Balaban J connectivity index is 1.44. The number of rotatable bonds is 4. The van der Waals surface area contributed by atoms with Crippen molar-refractivity contribution >= 4 is 17.6 Å². The number of nitrogens with zero attached hydrogens (tertiary/aromatic N) is 6. The highest BCUT2D eigenvalue weighted by Crippen LogP contribution is 2.34. The molecule has 31 heavy (non-hydrogen) atoms. The van der Waals surface area contributed by atoms with E-state index in [0.717, 1.165) is 11.9 Å². The SMILES string of the molecule is N#Cc1cncc([C@@H]2CCON2C(=O)C2CCN(c3ncnc(C(N)=O)c3F)CC2)c1. The number of piperidine rings is 1. The highest BCUT2D eigenvalue weighted by molar-refractivity contribution is 5.91. The first-order valence-electron chi connectivity index (χ1n) is 9.86. The summed E-state index contributed by atoms with van der Waals surface area (Å²) in [7, 11) is 0. The molecule has 2 aliphatic rings. The number of hydrogen-bond acceptors (Lipinski definition) is 8. The monoisotopic (exact) mass is 425 g/mol. The van der Waals surface area contributed by atoms with Crippen LogP contribution >= 0.6 is 0 Å². The number of carbonyl (C=O) groups is 2. The molecular formula is C20H20FN7O3. The molecule has 2 aliphatic heterocycles. The lowest BCUT2D eigenvalue weighted by molar-refractivity contribution is -0.182. The number of amides is 2. The molecule has 2 aromatic heterocycles. The van der Waals surface area contributed by atoms with Crippen LogP contribution in [0.25, 0.3) is 0 Å². The normalized spacial score (nSPS) is 19.3. The van der Waals surface area contributed by atoms with E-state index < -0.39 is 17.4 Å². The van der Waals surface area contributed by atoms with E-state index in [9.17, 15) is 14.0 Å². The maximum atomic E-state index is 14.5. The molecule has 10 nitrogen and oxygen atoms in total. The molecule has 2 N–H and O–H groups in total. The summed E-state index contributed by atoms with van der Waals surface area (Å²) in [5.41, 5.74) is 5.87. The van der Waals surface area contributed by atoms with Crippen LogP contribution in [0.2, 0.25) is 0 Å². The Morgan fingerprint density at radius 2 is 2.00 bits per heavy atom. The van der Waals surface area contributed by atoms with Gasteiger partial charge in [-0.2, -0.15) is 5.26 Å². The van der Waals surface area contributed by atoms with Gasteiger partial charge in [-0.25, -0.2) is 19.4 Å². The number of anilines is 1. The maximum Gasteiger partial charge on any atom is 0.270 e. The number of halogens is 1. The Labute approximate surface area is 177 Å². The highest BCUT2D eigenvalue weighted by Gasteiger charge is 2.37. The van der Waals surface area contributed by atoms with E-state index >= 15 is 0 Å². The largest absolute Gasteiger partial charge is 0.364 e. The fourth-order valence-electron chi connectivity index (χ4n) is 3.96. The number of nitriles is 1. The van der Waals surface area contributed by atoms with Crippen LogP contribution in [0.5, 0.6) is 0 Å². The van der Waals surface area contributed by atoms with E-state index in [0.29, 0.717) is 44.5 Å². The second kappa shape index (κ2) is 8.61. The van der Waals surface area contributed by atoms with E-state index in [1.54, 1.807) is 17.2 Å². The minimum absolute atomic E-state index is 0.00407. The summed E-state index contributed by atoms with van der Waals surface area (Å²) in [5, 5.41) is 10.5. The number of pyridine rings is 1. The number of primary amides is 1. The molecule has 2 fully saturated rings. The van der Waals surface area contributed by atoms with Crippen molar-refractivity contribution in [1.82, 2.24) is 20.0 Å². The molecule has 2 amide bonds. The lowest BCUT2D eigenvalue weighted by Crippen LogP contribution is -2.42. The van der Waals surface area contributed by atoms with Gasteiger partial charge in [0.25, 0.3) is 5.91 Å².